The summed E-state index contributed by atoms with van der Waals surface area (Å²) in [4.78, 5) is 44.4. The first kappa shape index (κ1) is 18.5. The highest BCUT2D eigenvalue weighted by Gasteiger charge is 2.60. The third-order valence-electron chi connectivity index (χ3n) is 6.36. The molecule has 152 valence electrons. The highest BCUT2D eigenvalue weighted by molar-refractivity contribution is 6.07. The summed E-state index contributed by atoms with van der Waals surface area (Å²) >= 11 is 0. The number of hydrogen-bond donors (Lipinski definition) is 2. The van der Waals surface area contributed by atoms with Gasteiger partial charge in [-0.15, -0.1) is 0 Å². The predicted molar refractivity (Wildman–Crippen MR) is 110 cm³/mol. The van der Waals surface area contributed by atoms with Crippen molar-refractivity contribution >= 4 is 23.7 Å². The molecule has 2 heterocycles. The molecule has 2 aliphatic carbocycles. The molecule has 7 heteroatoms. The largest absolute Gasteiger partial charge is 0.335 e. The Balaban J connectivity index is 1.36. The fraction of sp³-hybridized carbons (Fsp3) is 0.304. The van der Waals surface area contributed by atoms with Crippen LogP contribution >= 0.6 is 0 Å². The molecule has 5 rings (SSSR count). The van der Waals surface area contributed by atoms with Gasteiger partial charge in [0.25, 0.3) is 0 Å². The van der Waals surface area contributed by atoms with E-state index in [1.54, 1.807) is 24.4 Å². The van der Waals surface area contributed by atoms with E-state index >= 15 is 0 Å². The molecule has 2 aromatic rings. The zero-order valence-electron chi connectivity index (χ0n) is 16.3. The van der Waals surface area contributed by atoms with Gasteiger partial charge in [-0.05, 0) is 36.0 Å². The van der Waals surface area contributed by atoms with E-state index in [1.807, 2.05) is 30.3 Å². The maximum Gasteiger partial charge on any atom is 0.320 e. The third-order valence-corrected chi connectivity index (χ3v) is 6.36. The molecule has 2 N–H and O–H groups in total. The summed E-state index contributed by atoms with van der Waals surface area (Å²) in [6, 6.07) is 13.6. The number of nitrogens with zero attached hydrogens (tertiary/aromatic N) is 2. The number of imide groups is 1. The van der Waals surface area contributed by atoms with Crippen molar-refractivity contribution in [2.45, 2.75) is 12.5 Å². The van der Waals surface area contributed by atoms with Crippen LogP contribution in [-0.2, 0) is 9.59 Å². The van der Waals surface area contributed by atoms with Crippen LogP contribution in [0.25, 0.3) is 0 Å². The SMILES string of the molecule is O=C(NCC(c1ccccc1)N1C(=O)C2C3C=CC(C3)C2C1=O)Nc1ccccn1. The molecule has 4 amide bonds. The molecular formula is C23H22N4O3. The first-order valence-electron chi connectivity index (χ1n) is 10.2. The number of hydrogen-bond acceptors (Lipinski definition) is 4. The Kier molecular flexibility index (Phi) is 4.58. The number of carbonyl (C=O) groups excluding carboxylic acids is 3. The van der Waals surface area contributed by atoms with E-state index in [0.29, 0.717) is 5.82 Å². The average Bonchev–Trinajstić information content (AvgIpc) is 3.45. The van der Waals surface area contributed by atoms with Crippen LogP contribution < -0.4 is 10.6 Å². The maximum atomic E-state index is 13.3. The summed E-state index contributed by atoms with van der Waals surface area (Å²) in [5.74, 6) is -0.0410. The zero-order valence-corrected chi connectivity index (χ0v) is 16.3. The number of nitrogens with one attached hydrogen (secondary N) is 2. The van der Waals surface area contributed by atoms with Crippen molar-refractivity contribution in [3.05, 3.63) is 72.4 Å². The van der Waals surface area contributed by atoms with Gasteiger partial charge in [-0.3, -0.25) is 19.8 Å². The second-order valence-corrected chi connectivity index (χ2v) is 8.02. The number of pyridine rings is 1. The topological polar surface area (TPSA) is 91.4 Å². The summed E-state index contributed by atoms with van der Waals surface area (Å²) in [6.45, 7) is 0.127. The normalized spacial score (nSPS) is 27.3. The smallest absolute Gasteiger partial charge is 0.320 e. The van der Waals surface area contributed by atoms with E-state index in [0.717, 1.165) is 12.0 Å². The fourth-order valence-electron chi connectivity index (χ4n) is 5.05. The number of benzene rings is 1. The number of rotatable bonds is 5. The molecule has 1 aromatic heterocycles. The number of allylic oxidation sites excluding steroid dienone is 2. The van der Waals surface area contributed by atoms with Gasteiger partial charge in [0, 0.05) is 12.7 Å². The Bertz CT molecular complexity index is 978. The zero-order chi connectivity index (χ0) is 20.7. The van der Waals surface area contributed by atoms with E-state index in [-0.39, 0.29) is 42.0 Å². The van der Waals surface area contributed by atoms with Gasteiger partial charge in [0.1, 0.15) is 5.82 Å². The number of likely N-dealkylation sites (tertiary alicyclic amines) is 1. The summed E-state index contributed by atoms with van der Waals surface area (Å²) in [5, 5.41) is 5.47. The Labute approximate surface area is 174 Å². The Morgan fingerprint density at radius 3 is 2.30 bits per heavy atom. The number of aromatic nitrogens is 1. The molecule has 7 nitrogen and oxygen atoms in total. The molecule has 30 heavy (non-hydrogen) atoms. The summed E-state index contributed by atoms with van der Waals surface area (Å²) in [7, 11) is 0. The average molecular weight is 402 g/mol. The summed E-state index contributed by atoms with van der Waals surface area (Å²) in [5.41, 5.74) is 0.817. The van der Waals surface area contributed by atoms with Gasteiger partial charge in [-0.2, -0.15) is 0 Å². The minimum absolute atomic E-state index is 0.123. The molecule has 3 aliphatic rings. The lowest BCUT2D eigenvalue weighted by molar-refractivity contribution is -0.143. The standard InChI is InChI=1S/C23H22N4O3/c28-21-19-15-9-10-16(12-15)20(19)22(29)27(21)17(14-6-2-1-3-7-14)13-25-23(30)26-18-8-4-5-11-24-18/h1-11,15-17,19-20H,12-13H2,(H2,24,25,26,30). The maximum absolute atomic E-state index is 13.3. The predicted octanol–water partition coefficient (Wildman–Crippen LogP) is 2.75. The van der Waals surface area contributed by atoms with Crippen LogP contribution in [0.4, 0.5) is 10.6 Å². The Morgan fingerprint density at radius 2 is 1.67 bits per heavy atom. The molecule has 1 aliphatic heterocycles. The Morgan fingerprint density at radius 1 is 1.00 bits per heavy atom. The van der Waals surface area contributed by atoms with Crippen LogP contribution in [-0.4, -0.2) is 34.3 Å². The van der Waals surface area contributed by atoms with Gasteiger partial charge >= 0.3 is 6.03 Å². The van der Waals surface area contributed by atoms with Crippen LogP contribution in [0.15, 0.2) is 66.9 Å². The number of carbonyl (C=O) groups is 3. The highest BCUT2D eigenvalue weighted by atomic mass is 16.2. The van der Waals surface area contributed by atoms with Crippen molar-refractivity contribution in [1.82, 2.24) is 15.2 Å². The molecule has 5 atom stereocenters. The van der Waals surface area contributed by atoms with Crippen molar-refractivity contribution in [1.29, 1.82) is 0 Å². The van der Waals surface area contributed by atoms with Gasteiger partial charge in [-0.25, -0.2) is 9.78 Å². The van der Waals surface area contributed by atoms with E-state index in [9.17, 15) is 14.4 Å². The summed E-state index contributed by atoms with van der Waals surface area (Å²) < 4.78 is 0. The van der Waals surface area contributed by atoms with Crippen molar-refractivity contribution in [2.75, 3.05) is 11.9 Å². The number of anilines is 1. The van der Waals surface area contributed by atoms with Gasteiger partial charge in [0.05, 0.1) is 17.9 Å². The van der Waals surface area contributed by atoms with Crippen LogP contribution in [0.1, 0.15) is 18.0 Å². The van der Waals surface area contributed by atoms with Gasteiger partial charge in [0.15, 0.2) is 0 Å². The van der Waals surface area contributed by atoms with Crippen molar-refractivity contribution < 1.29 is 14.4 Å². The highest BCUT2D eigenvalue weighted by Crippen LogP contribution is 2.53. The molecule has 2 bridgehead atoms. The fourth-order valence-corrected chi connectivity index (χ4v) is 5.05. The van der Waals surface area contributed by atoms with E-state index in [1.165, 1.54) is 4.90 Å². The van der Waals surface area contributed by atoms with Crippen LogP contribution in [0, 0.1) is 23.7 Å². The van der Waals surface area contributed by atoms with E-state index in [2.05, 4.69) is 27.8 Å². The Hall–Kier alpha value is -3.48. The number of amides is 4. The number of fused-ring (bicyclic) bond motifs is 5. The number of urea groups is 1. The first-order chi connectivity index (χ1) is 14.6. The van der Waals surface area contributed by atoms with Gasteiger partial charge < -0.3 is 5.32 Å². The summed E-state index contributed by atoms with van der Waals surface area (Å²) in [6.07, 6.45) is 6.64. The van der Waals surface area contributed by atoms with Crippen molar-refractivity contribution in [3.8, 4) is 0 Å². The lowest BCUT2D eigenvalue weighted by Gasteiger charge is -2.28. The molecule has 5 unspecified atom stereocenters. The second kappa shape index (κ2) is 7.40. The molecule has 2 fully saturated rings. The molecule has 1 aromatic carbocycles. The quantitative estimate of drug-likeness (QED) is 0.594. The molecular weight excluding hydrogens is 380 g/mol. The van der Waals surface area contributed by atoms with E-state index < -0.39 is 12.1 Å². The minimum atomic E-state index is -0.550. The van der Waals surface area contributed by atoms with Crippen LogP contribution in [0.5, 0.6) is 0 Å². The molecule has 1 saturated carbocycles. The second-order valence-electron chi connectivity index (χ2n) is 8.02. The van der Waals surface area contributed by atoms with Crippen molar-refractivity contribution in [3.63, 3.8) is 0 Å². The molecule has 0 spiro atoms. The molecule has 0 radical (unpaired) electrons. The van der Waals surface area contributed by atoms with E-state index in [4.69, 9.17) is 0 Å². The van der Waals surface area contributed by atoms with Gasteiger partial charge in [-0.1, -0.05) is 48.6 Å². The molecule has 1 saturated heterocycles. The first-order valence-corrected chi connectivity index (χ1v) is 10.2. The lowest BCUT2D eigenvalue weighted by Crippen LogP contribution is -2.43. The third kappa shape index (κ3) is 3.07. The van der Waals surface area contributed by atoms with Crippen LogP contribution in [0.3, 0.4) is 0 Å². The van der Waals surface area contributed by atoms with Gasteiger partial charge in [0.2, 0.25) is 11.8 Å². The van der Waals surface area contributed by atoms with Crippen LogP contribution in [0.2, 0.25) is 0 Å². The minimum Gasteiger partial charge on any atom is -0.335 e. The lowest BCUT2D eigenvalue weighted by atomic mass is 9.85. The van der Waals surface area contributed by atoms with Crippen molar-refractivity contribution in [2.24, 2.45) is 23.7 Å². The monoisotopic (exact) mass is 402 g/mol.